The topological polar surface area (TPSA) is 69.2 Å². The van der Waals surface area contributed by atoms with Gasteiger partial charge in [-0.3, -0.25) is 0 Å². The quantitative estimate of drug-likeness (QED) is 0.369. The van der Waals surface area contributed by atoms with Gasteiger partial charge in [-0.05, 0) is 0 Å². The summed E-state index contributed by atoms with van der Waals surface area (Å²) in [7, 11) is 0. The van der Waals surface area contributed by atoms with Crippen LogP contribution in [0.2, 0.25) is 0 Å². The molecule has 0 fully saturated rings. The number of rotatable bonds is 0. The summed E-state index contributed by atoms with van der Waals surface area (Å²) in [6.07, 6.45) is 0. The minimum atomic E-state index is -3.94. The predicted molar refractivity (Wildman–Crippen MR) is 11.5 cm³/mol. The molecule has 0 saturated carbocycles. The van der Waals surface area contributed by atoms with Crippen LogP contribution in [0.5, 0.6) is 0 Å². The molecule has 2 radical (unpaired) electrons. The van der Waals surface area contributed by atoms with Crippen LogP contribution >= 0.6 is 0 Å². The van der Waals surface area contributed by atoms with E-state index in [-0.39, 0.29) is 18.0 Å². The van der Waals surface area contributed by atoms with Gasteiger partial charge in [-0.25, -0.2) is 0 Å². The van der Waals surface area contributed by atoms with Crippen LogP contribution in [0.15, 0.2) is 0 Å². The molecule has 0 aliphatic carbocycles. The summed E-state index contributed by atoms with van der Waals surface area (Å²) in [5.74, 6) is 0. The van der Waals surface area contributed by atoms with Crippen LogP contribution in [0.25, 0.3) is 0 Å². The van der Waals surface area contributed by atoms with E-state index in [1.54, 1.807) is 0 Å². The van der Waals surface area contributed by atoms with Crippen LogP contribution in [0.3, 0.4) is 0 Å². The second-order valence-corrected chi connectivity index (χ2v) is 1.16. The Kier molecular flexibility index (Phi) is 9.37. The van der Waals surface area contributed by atoms with E-state index in [1.807, 2.05) is 0 Å². The van der Waals surface area contributed by atoms with Crippen LogP contribution in [0.4, 0.5) is 0 Å². The van der Waals surface area contributed by atoms with Gasteiger partial charge in [-0.2, -0.15) is 0 Å². The van der Waals surface area contributed by atoms with E-state index < -0.39 is 15.7 Å². The van der Waals surface area contributed by atoms with Gasteiger partial charge in [0.15, 0.2) is 0 Å². The van der Waals surface area contributed by atoms with Crippen molar-refractivity contribution in [3.63, 3.8) is 0 Å². The Hall–Kier alpha value is 0.997. The van der Waals surface area contributed by atoms with E-state index >= 15 is 0 Å². The molecule has 0 N–H and O–H groups in total. The molecule has 0 amide bonds. The van der Waals surface area contributed by atoms with Crippen LogP contribution < -0.4 is 12.3 Å². The van der Waals surface area contributed by atoms with E-state index in [1.165, 1.54) is 0 Å². The van der Waals surface area contributed by atoms with E-state index in [4.69, 9.17) is 12.3 Å². The van der Waals surface area contributed by atoms with Crippen LogP contribution in [0.1, 0.15) is 0 Å². The molecule has 0 aromatic rings. The Morgan fingerprint density at radius 1 is 1.00 bits per heavy atom. The molecule has 0 rings (SSSR count). The standard InChI is InChI=1S/AsO3.As/c2-1(3)4;/q-3;+3. The minimum absolute atomic E-state index is 0. The Bertz CT molecular complexity index is 9.61. The van der Waals surface area contributed by atoms with Crippen LogP contribution in [-0.4, -0.2) is 33.6 Å². The fourth-order valence-electron chi connectivity index (χ4n) is 0. The van der Waals surface area contributed by atoms with E-state index in [0.717, 1.165) is 0 Å². The summed E-state index contributed by atoms with van der Waals surface area (Å²) in [6.45, 7) is 0. The van der Waals surface area contributed by atoms with Crippen molar-refractivity contribution in [3.05, 3.63) is 0 Å². The van der Waals surface area contributed by atoms with Crippen molar-refractivity contribution < 1.29 is 12.3 Å². The molecule has 5 heteroatoms. The molecule has 0 aromatic carbocycles. The maximum atomic E-state index is 8.56. The zero-order valence-electron chi connectivity index (χ0n) is 2.12. The Labute approximate surface area is 46.3 Å². The van der Waals surface area contributed by atoms with Crippen molar-refractivity contribution in [1.29, 1.82) is 0 Å². The molecule has 0 bridgehead atoms. The van der Waals surface area contributed by atoms with Gasteiger partial charge in [-0.15, -0.1) is 0 Å². The van der Waals surface area contributed by atoms with Gasteiger partial charge >= 0.3 is 45.9 Å². The van der Waals surface area contributed by atoms with Crippen molar-refractivity contribution in [2.45, 2.75) is 0 Å². The van der Waals surface area contributed by atoms with Crippen molar-refractivity contribution in [1.82, 2.24) is 0 Å². The van der Waals surface area contributed by atoms with E-state index in [2.05, 4.69) is 0 Å². The molecule has 0 unspecified atom stereocenters. The van der Waals surface area contributed by atoms with Gasteiger partial charge in [0, 0.05) is 0 Å². The summed E-state index contributed by atoms with van der Waals surface area (Å²) < 4.78 is 25.7. The number of hydrogen-bond donors (Lipinski definition) is 0. The summed E-state index contributed by atoms with van der Waals surface area (Å²) in [4.78, 5) is 0. The first-order valence-corrected chi connectivity index (χ1v) is 2.85. The van der Waals surface area contributed by atoms with Gasteiger partial charge in [0.2, 0.25) is 0 Å². The average molecular weight is 198 g/mol. The van der Waals surface area contributed by atoms with Gasteiger partial charge in [-0.1, -0.05) is 0 Å². The molecule has 0 aliphatic rings. The SMILES string of the molecule is [As+3].[O-][As]([O-])[O-]. The molecule has 5 heavy (non-hydrogen) atoms. The van der Waals surface area contributed by atoms with Gasteiger partial charge in [0.1, 0.15) is 0 Å². The van der Waals surface area contributed by atoms with Crippen molar-refractivity contribution >= 4 is 33.6 Å². The van der Waals surface area contributed by atoms with Crippen LogP contribution in [0, 0.1) is 0 Å². The Morgan fingerprint density at radius 3 is 1.00 bits per heavy atom. The zero-order chi connectivity index (χ0) is 3.58. The molecule has 0 aliphatic heterocycles. The maximum absolute atomic E-state index is 8.56. The third kappa shape index (κ3) is 45.2. The Morgan fingerprint density at radius 2 is 1.00 bits per heavy atom. The first-order chi connectivity index (χ1) is 1.73. The molecule has 28 valence electrons. The predicted octanol–water partition coefficient (Wildman–Crippen LogP) is -4.33. The molecule has 0 heterocycles. The third-order valence-corrected chi connectivity index (χ3v) is 0. The molecular formula is As2O3. The second-order valence-electron chi connectivity index (χ2n) is 0.224. The second kappa shape index (κ2) is 5.00. The van der Waals surface area contributed by atoms with Crippen molar-refractivity contribution in [2.75, 3.05) is 0 Å². The molecular weight excluding hydrogens is 198 g/mol. The molecule has 0 atom stereocenters. The average Bonchev–Trinajstić information content (AvgIpc) is 0.811. The van der Waals surface area contributed by atoms with Gasteiger partial charge in [0.25, 0.3) is 0 Å². The molecule has 0 saturated heterocycles. The molecule has 3 nitrogen and oxygen atoms in total. The summed E-state index contributed by atoms with van der Waals surface area (Å²) >= 11 is -3.94. The summed E-state index contributed by atoms with van der Waals surface area (Å²) in [5, 5.41) is 0. The summed E-state index contributed by atoms with van der Waals surface area (Å²) in [5.41, 5.74) is 0. The van der Waals surface area contributed by atoms with Crippen LogP contribution in [-0.2, 0) is 0 Å². The fourth-order valence-corrected chi connectivity index (χ4v) is 0. The summed E-state index contributed by atoms with van der Waals surface area (Å²) in [6, 6.07) is 0. The van der Waals surface area contributed by atoms with Gasteiger partial charge < -0.3 is 0 Å². The van der Waals surface area contributed by atoms with E-state index in [9.17, 15) is 0 Å². The van der Waals surface area contributed by atoms with E-state index in [0.29, 0.717) is 0 Å². The normalized spacial score (nSPS) is 7.20. The first kappa shape index (κ1) is 9.37. The van der Waals surface area contributed by atoms with Crippen molar-refractivity contribution in [3.8, 4) is 0 Å². The molecule has 0 aromatic heterocycles. The zero-order valence-corrected chi connectivity index (χ0v) is 5.87. The monoisotopic (exact) mass is 198 g/mol. The third-order valence-electron chi connectivity index (χ3n) is 0. The number of hydrogen-bond acceptors (Lipinski definition) is 3. The van der Waals surface area contributed by atoms with Crippen molar-refractivity contribution in [2.24, 2.45) is 0 Å². The molecule has 0 spiro atoms. The van der Waals surface area contributed by atoms with Gasteiger partial charge in [0.05, 0.1) is 0 Å². The first-order valence-electron chi connectivity index (χ1n) is 0.548. The Balaban J connectivity index is 0. The fraction of sp³-hybridized carbons (Fsp3) is 0.